The van der Waals surface area contributed by atoms with Crippen molar-refractivity contribution < 1.29 is 18.3 Å². The van der Waals surface area contributed by atoms with Gasteiger partial charge in [0.25, 0.3) is 0 Å². The molecular weight excluding hydrogens is 400 g/mol. The van der Waals surface area contributed by atoms with Crippen LogP contribution in [0.4, 0.5) is 8.78 Å². The van der Waals surface area contributed by atoms with Gasteiger partial charge < -0.3 is 15.0 Å². The number of nitrogens with one attached hydrogen (secondary N) is 1. The van der Waals surface area contributed by atoms with Crippen LogP contribution in [-0.4, -0.2) is 40.9 Å². The van der Waals surface area contributed by atoms with Crippen LogP contribution >= 0.6 is 0 Å². The van der Waals surface area contributed by atoms with Crippen LogP contribution in [0.25, 0.3) is 0 Å². The van der Waals surface area contributed by atoms with Gasteiger partial charge in [0.1, 0.15) is 18.2 Å². The van der Waals surface area contributed by atoms with Gasteiger partial charge in [-0.3, -0.25) is 9.69 Å². The van der Waals surface area contributed by atoms with Crippen molar-refractivity contribution in [1.82, 2.24) is 15.1 Å². The Morgan fingerprint density at radius 2 is 1.97 bits per heavy atom. The van der Waals surface area contributed by atoms with E-state index in [1.165, 1.54) is 6.07 Å². The van der Waals surface area contributed by atoms with Crippen molar-refractivity contribution in [2.24, 2.45) is 0 Å². The van der Waals surface area contributed by atoms with Gasteiger partial charge in [-0.05, 0) is 50.0 Å². The first kappa shape index (κ1) is 22.8. The Hall–Kier alpha value is -2.83. The summed E-state index contributed by atoms with van der Waals surface area (Å²) in [5, 5.41) is 3.58. The molecule has 1 aromatic carbocycles. The van der Waals surface area contributed by atoms with E-state index in [0.29, 0.717) is 23.7 Å². The summed E-state index contributed by atoms with van der Waals surface area (Å²) >= 11 is 0. The smallest absolute Gasteiger partial charge is 0.225 e. The fraction of sp³-hybridized carbons (Fsp3) is 0.458. The van der Waals surface area contributed by atoms with Gasteiger partial charge in [0.2, 0.25) is 5.91 Å². The Kier molecular flexibility index (Phi) is 7.03. The normalized spacial score (nSPS) is 19.6. The van der Waals surface area contributed by atoms with Crippen LogP contribution in [-0.2, 0) is 16.1 Å². The second kappa shape index (κ2) is 9.54. The summed E-state index contributed by atoms with van der Waals surface area (Å²) in [6.07, 6.45) is 6.27. The van der Waals surface area contributed by atoms with E-state index >= 15 is 0 Å². The Morgan fingerprint density at radius 3 is 2.55 bits per heavy atom. The summed E-state index contributed by atoms with van der Waals surface area (Å²) in [7, 11) is 0. The van der Waals surface area contributed by atoms with Gasteiger partial charge >= 0.3 is 0 Å². The molecule has 0 bridgehead atoms. The number of benzene rings is 1. The van der Waals surface area contributed by atoms with Crippen molar-refractivity contribution in [1.29, 1.82) is 0 Å². The molecule has 2 fully saturated rings. The zero-order valence-electron chi connectivity index (χ0n) is 18.5. The number of nitrogens with zero attached hydrogens (tertiary/aromatic N) is 2. The number of amides is 1. The average molecular weight is 432 g/mol. The van der Waals surface area contributed by atoms with Gasteiger partial charge in [-0.2, -0.15) is 0 Å². The molecule has 2 saturated heterocycles. The second-order valence-corrected chi connectivity index (χ2v) is 8.31. The van der Waals surface area contributed by atoms with Crippen LogP contribution in [0.5, 0.6) is 0 Å². The number of piperidine rings is 1. The minimum atomic E-state index is -0.899. The van der Waals surface area contributed by atoms with Gasteiger partial charge in [-0.1, -0.05) is 19.6 Å². The van der Waals surface area contributed by atoms with Crippen LogP contribution in [0.1, 0.15) is 45.6 Å². The van der Waals surface area contributed by atoms with Gasteiger partial charge in [0.05, 0.1) is 12.1 Å². The van der Waals surface area contributed by atoms with Crippen molar-refractivity contribution in [3.63, 3.8) is 0 Å². The number of carbonyl (C=O) groups excluding carboxylic acids is 1. The van der Waals surface area contributed by atoms with Gasteiger partial charge in [-0.15, -0.1) is 0 Å². The molecule has 5 nitrogen and oxygen atoms in total. The first-order chi connectivity index (χ1) is 14.7. The molecule has 3 rings (SSSR count). The Bertz CT molecular complexity index is 902. The summed E-state index contributed by atoms with van der Waals surface area (Å²) < 4.78 is 32.5. The largest absolute Gasteiger partial charge is 0.489 e. The number of rotatable bonds is 6. The van der Waals surface area contributed by atoms with E-state index in [2.05, 4.69) is 16.8 Å². The van der Waals surface area contributed by atoms with E-state index in [1.807, 2.05) is 26.0 Å². The number of hydrogen-bond acceptors (Lipinski definition) is 4. The highest BCUT2D eigenvalue weighted by Crippen LogP contribution is 2.33. The van der Waals surface area contributed by atoms with Crippen LogP contribution in [0.2, 0.25) is 0 Å². The maximum absolute atomic E-state index is 13.5. The zero-order valence-corrected chi connectivity index (χ0v) is 18.5. The van der Waals surface area contributed by atoms with Crippen molar-refractivity contribution >= 4 is 5.91 Å². The number of halogens is 2. The Morgan fingerprint density at radius 1 is 1.26 bits per heavy atom. The van der Waals surface area contributed by atoms with E-state index in [-0.39, 0.29) is 18.1 Å². The minimum absolute atomic E-state index is 0.0330. The third-order valence-electron chi connectivity index (χ3n) is 5.86. The molecule has 1 spiro atoms. The van der Waals surface area contributed by atoms with E-state index in [1.54, 1.807) is 11.8 Å². The molecule has 1 amide bonds. The van der Waals surface area contributed by atoms with E-state index < -0.39 is 11.6 Å². The van der Waals surface area contributed by atoms with Gasteiger partial charge in [0.15, 0.2) is 11.6 Å². The number of carbonyl (C=O) groups is 1. The van der Waals surface area contributed by atoms with Crippen molar-refractivity contribution in [3.8, 4) is 0 Å². The van der Waals surface area contributed by atoms with E-state index in [4.69, 9.17) is 4.74 Å². The predicted octanol–water partition coefficient (Wildman–Crippen LogP) is 4.44. The summed E-state index contributed by atoms with van der Waals surface area (Å²) in [5.74, 6) is -0.526. The van der Waals surface area contributed by atoms with Crippen LogP contribution < -0.4 is 5.32 Å². The number of likely N-dealkylation sites (tertiary alicyclic amines) is 1. The standard InChI is InChI=1S/C24H31F2N3O2/c1-5-6-20(31-15-19-7-8-21(25)22(26)13-19)14-23-27-24(16-29(23)18(4)30)9-11-28(12-10-24)17(2)3/h6-8,13-14,27H,2,5,9-12,15-16H2,1,3-4H3/b20-6-,23-14-. The molecule has 0 aliphatic carbocycles. The topological polar surface area (TPSA) is 44.8 Å². The first-order valence-corrected chi connectivity index (χ1v) is 10.7. The third kappa shape index (κ3) is 5.46. The van der Waals surface area contributed by atoms with Gasteiger partial charge in [-0.25, -0.2) is 8.78 Å². The fourth-order valence-electron chi connectivity index (χ4n) is 4.05. The van der Waals surface area contributed by atoms with Crippen LogP contribution in [0.15, 0.2) is 54.2 Å². The molecule has 0 radical (unpaired) electrons. The first-order valence-electron chi connectivity index (χ1n) is 10.7. The lowest BCUT2D eigenvalue weighted by molar-refractivity contribution is -0.126. The summed E-state index contributed by atoms with van der Waals surface area (Å²) in [6, 6.07) is 3.72. The average Bonchev–Trinajstić information content (AvgIpc) is 3.07. The third-order valence-corrected chi connectivity index (χ3v) is 5.86. The van der Waals surface area contributed by atoms with Crippen LogP contribution in [0.3, 0.4) is 0 Å². The molecule has 7 heteroatoms. The molecule has 1 aromatic rings. The zero-order chi connectivity index (χ0) is 22.6. The Balaban J connectivity index is 1.75. The van der Waals surface area contributed by atoms with Crippen molar-refractivity contribution in [2.45, 2.75) is 52.2 Å². The summed E-state index contributed by atoms with van der Waals surface area (Å²) in [4.78, 5) is 16.3. The molecule has 1 N–H and O–H groups in total. The molecule has 2 aliphatic heterocycles. The lowest BCUT2D eigenvalue weighted by Crippen LogP contribution is -2.51. The number of hydrogen-bond donors (Lipinski definition) is 1. The van der Waals surface area contributed by atoms with E-state index in [0.717, 1.165) is 50.2 Å². The van der Waals surface area contributed by atoms with Crippen molar-refractivity contribution in [3.05, 3.63) is 71.4 Å². The molecule has 2 aliphatic rings. The Labute approximate surface area is 183 Å². The highest BCUT2D eigenvalue weighted by atomic mass is 19.2. The maximum atomic E-state index is 13.5. The summed E-state index contributed by atoms with van der Waals surface area (Å²) in [5.41, 5.74) is 1.43. The molecule has 168 valence electrons. The van der Waals surface area contributed by atoms with Crippen LogP contribution in [0, 0.1) is 11.6 Å². The SMILES string of the molecule is C=C(C)N1CCC2(CC1)CN(C(C)=O)/C(=C\C(=C\CC)OCc1ccc(F)c(F)c1)N2. The molecule has 0 atom stereocenters. The second-order valence-electron chi connectivity index (χ2n) is 8.31. The maximum Gasteiger partial charge on any atom is 0.225 e. The van der Waals surface area contributed by atoms with E-state index in [9.17, 15) is 13.6 Å². The molecular formula is C24H31F2N3O2. The lowest BCUT2D eigenvalue weighted by atomic mass is 9.88. The molecule has 31 heavy (non-hydrogen) atoms. The van der Waals surface area contributed by atoms with Crippen molar-refractivity contribution in [2.75, 3.05) is 19.6 Å². The predicted molar refractivity (Wildman–Crippen MR) is 116 cm³/mol. The highest BCUT2D eigenvalue weighted by molar-refractivity contribution is 5.76. The summed E-state index contributed by atoms with van der Waals surface area (Å²) in [6.45, 7) is 12.1. The number of ether oxygens (including phenoxy) is 1. The van der Waals surface area contributed by atoms with Gasteiger partial charge in [0, 0.05) is 31.8 Å². The molecule has 2 heterocycles. The lowest BCUT2D eigenvalue weighted by Gasteiger charge is -2.40. The molecule has 0 aromatic heterocycles. The fourth-order valence-corrected chi connectivity index (χ4v) is 4.05. The minimum Gasteiger partial charge on any atom is -0.489 e. The molecule has 0 saturated carbocycles. The highest BCUT2D eigenvalue weighted by Gasteiger charge is 2.43. The molecule has 0 unspecified atom stereocenters. The number of allylic oxidation sites excluding steroid dienone is 3. The monoisotopic (exact) mass is 431 g/mol. The quantitative estimate of drug-likeness (QED) is 0.677.